The maximum Gasteiger partial charge on any atom is 0.264 e. The van der Waals surface area contributed by atoms with Gasteiger partial charge in [0.05, 0.1) is 12.3 Å². The average Bonchev–Trinajstić information content (AvgIpc) is 2.43. The maximum atomic E-state index is 11.6. The Morgan fingerprint density at radius 2 is 2.32 bits per heavy atom. The lowest BCUT2D eigenvalue weighted by Gasteiger charge is -2.26. The first-order valence-corrected chi connectivity index (χ1v) is 6.47. The van der Waals surface area contributed by atoms with Gasteiger partial charge in [-0.15, -0.1) is 0 Å². The second-order valence-electron chi connectivity index (χ2n) is 4.55. The number of fused-ring (bicyclic) bond motifs is 1. The molecule has 0 aliphatic carbocycles. The highest BCUT2D eigenvalue weighted by Gasteiger charge is 2.22. The SMILES string of the molecule is CNCCCOCc1ccc2c(c1)N(C)C(=O)CO2. The number of likely N-dealkylation sites (N-methyl/N-ethyl adjacent to an activating group) is 1. The molecule has 0 radical (unpaired) electrons. The van der Waals surface area contributed by atoms with Gasteiger partial charge in [0.2, 0.25) is 0 Å². The fourth-order valence-electron chi connectivity index (χ4n) is 1.95. The van der Waals surface area contributed by atoms with Gasteiger partial charge in [-0.2, -0.15) is 0 Å². The van der Waals surface area contributed by atoms with Crippen molar-refractivity contribution in [3.63, 3.8) is 0 Å². The zero-order valence-electron chi connectivity index (χ0n) is 11.4. The van der Waals surface area contributed by atoms with Gasteiger partial charge in [0.25, 0.3) is 5.91 Å². The van der Waals surface area contributed by atoms with Crippen molar-refractivity contribution in [3.05, 3.63) is 23.8 Å². The number of anilines is 1. The number of nitrogens with zero attached hydrogens (tertiary/aromatic N) is 1. The van der Waals surface area contributed by atoms with Crippen molar-refractivity contribution < 1.29 is 14.3 Å². The highest BCUT2D eigenvalue weighted by Crippen LogP contribution is 2.32. The fourth-order valence-corrected chi connectivity index (χ4v) is 1.95. The molecule has 1 amide bonds. The van der Waals surface area contributed by atoms with E-state index in [0.29, 0.717) is 6.61 Å². The van der Waals surface area contributed by atoms with E-state index >= 15 is 0 Å². The van der Waals surface area contributed by atoms with E-state index in [9.17, 15) is 4.79 Å². The number of hydrogen-bond donors (Lipinski definition) is 1. The molecule has 0 saturated heterocycles. The Hall–Kier alpha value is -1.59. The smallest absolute Gasteiger partial charge is 0.264 e. The lowest BCUT2D eigenvalue weighted by atomic mass is 10.1. The second-order valence-corrected chi connectivity index (χ2v) is 4.55. The number of carbonyl (C=O) groups excluding carboxylic acids is 1. The summed E-state index contributed by atoms with van der Waals surface area (Å²) in [5, 5.41) is 3.08. The van der Waals surface area contributed by atoms with Gasteiger partial charge in [0, 0.05) is 13.7 Å². The Labute approximate surface area is 113 Å². The summed E-state index contributed by atoms with van der Waals surface area (Å²) in [5.74, 6) is 0.723. The normalized spacial score (nSPS) is 14.2. The number of ether oxygens (including phenoxy) is 2. The average molecular weight is 264 g/mol. The highest BCUT2D eigenvalue weighted by atomic mass is 16.5. The van der Waals surface area contributed by atoms with Crippen LogP contribution in [0.25, 0.3) is 0 Å². The van der Waals surface area contributed by atoms with Crippen LogP contribution in [-0.2, 0) is 16.1 Å². The number of carbonyl (C=O) groups is 1. The van der Waals surface area contributed by atoms with Crippen LogP contribution in [0.15, 0.2) is 18.2 Å². The van der Waals surface area contributed by atoms with Crippen molar-refractivity contribution in [1.29, 1.82) is 0 Å². The van der Waals surface area contributed by atoms with Crippen LogP contribution in [0, 0.1) is 0 Å². The van der Waals surface area contributed by atoms with Crippen molar-refractivity contribution in [2.24, 2.45) is 0 Å². The predicted octanol–water partition coefficient (Wildman–Crippen LogP) is 1.17. The highest BCUT2D eigenvalue weighted by molar-refractivity contribution is 5.97. The van der Waals surface area contributed by atoms with Crippen LogP contribution >= 0.6 is 0 Å². The minimum atomic E-state index is -0.0282. The van der Waals surface area contributed by atoms with Crippen LogP contribution in [0.5, 0.6) is 5.75 Å². The summed E-state index contributed by atoms with van der Waals surface area (Å²) in [6.07, 6.45) is 0.989. The summed E-state index contributed by atoms with van der Waals surface area (Å²) < 4.78 is 11.0. The van der Waals surface area contributed by atoms with Crippen molar-refractivity contribution in [2.75, 3.05) is 38.8 Å². The molecule has 0 unspecified atom stereocenters. The lowest BCUT2D eigenvalue weighted by Crippen LogP contribution is -2.35. The van der Waals surface area contributed by atoms with E-state index in [4.69, 9.17) is 9.47 Å². The molecular weight excluding hydrogens is 244 g/mol. The first-order chi connectivity index (χ1) is 9.22. The van der Waals surface area contributed by atoms with Gasteiger partial charge in [-0.3, -0.25) is 4.79 Å². The minimum Gasteiger partial charge on any atom is -0.482 e. The summed E-state index contributed by atoms with van der Waals surface area (Å²) in [6.45, 7) is 2.35. The molecule has 1 aliphatic heterocycles. The first-order valence-electron chi connectivity index (χ1n) is 6.47. The molecule has 1 aromatic carbocycles. The van der Waals surface area contributed by atoms with Gasteiger partial charge >= 0.3 is 0 Å². The van der Waals surface area contributed by atoms with Gasteiger partial charge < -0.3 is 19.7 Å². The molecule has 19 heavy (non-hydrogen) atoms. The van der Waals surface area contributed by atoms with E-state index in [1.807, 2.05) is 25.2 Å². The first kappa shape index (κ1) is 13.8. The Bertz CT molecular complexity index is 448. The number of nitrogens with one attached hydrogen (secondary N) is 1. The number of benzene rings is 1. The summed E-state index contributed by atoms with van der Waals surface area (Å²) in [5.41, 5.74) is 1.86. The van der Waals surface area contributed by atoms with Crippen LogP contribution in [0.1, 0.15) is 12.0 Å². The Balaban J connectivity index is 1.94. The van der Waals surface area contributed by atoms with E-state index in [1.165, 1.54) is 0 Å². The molecule has 1 N–H and O–H groups in total. The molecule has 0 saturated carbocycles. The number of hydrogen-bond acceptors (Lipinski definition) is 4. The van der Waals surface area contributed by atoms with Crippen LogP contribution in [0.4, 0.5) is 5.69 Å². The molecule has 0 atom stereocenters. The number of rotatable bonds is 6. The van der Waals surface area contributed by atoms with Crippen LogP contribution in [0.2, 0.25) is 0 Å². The van der Waals surface area contributed by atoms with Gasteiger partial charge in [0.1, 0.15) is 5.75 Å². The molecule has 5 nitrogen and oxygen atoms in total. The molecule has 0 aromatic heterocycles. The van der Waals surface area contributed by atoms with Gasteiger partial charge in [-0.05, 0) is 37.7 Å². The number of amides is 1. The van der Waals surface area contributed by atoms with Crippen molar-refractivity contribution in [1.82, 2.24) is 5.32 Å². The van der Waals surface area contributed by atoms with Crippen molar-refractivity contribution >= 4 is 11.6 Å². The van der Waals surface area contributed by atoms with Crippen LogP contribution in [-0.4, -0.2) is 39.8 Å². The van der Waals surface area contributed by atoms with E-state index in [1.54, 1.807) is 11.9 Å². The molecule has 0 spiro atoms. The molecule has 1 heterocycles. The van der Waals surface area contributed by atoms with Crippen molar-refractivity contribution in [3.8, 4) is 5.75 Å². The standard InChI is InChI=1S/C14H20N2O3/c1-15-6-3-7-18-9-11-4-5-13-12(8-11)16(2)14(17)10-19-13/h4-5,8,15H,3,6-7,9-10H2,1-2H3. The summed E-state index contributed by atoms with van der Waals surface area (Å²) in [6, 6.07) is 5.82. The maximum absolute atomic E-state index is 11.6. The topological polar surface area (TPSA) is 50.8 Å². The molecule has 2 rings (SSSR count). The molecule has 5 heteroatoms. The van der Waals surface area contributed by atoms with E-state index in [2.05, 4.69) is 5.32 Å². The Morgan fingerprint density at radius 1 is 1.47 bits per heavy atom. The zero-order chi connectivity index (χ0) is 13.7. The van der Waals surface area contributed by atoms with Gasteiger partial charge in [-0.1, -0.05) is 6.07 Å². The minimum absolute atomic E-state index is 0.0282. The Morgan fingerprint density at radius 3 is 3.11 bits per heavy atom. The summed E-state index contributed by atoms with van der Waals surface area (Å²) >= 11 is 0. The van der Waals surface area contributed by atoms with Crippen molar-refractivity contribution in [2.45, 2.75) is 13.0 Å². The third-order valence-corrected chi connectivity index (χ3v) is 3.09. The molecular formula is C14H20N2O3. The van der Waals surface area contributed by atoms with E-state index in [0.717, 1.165) is 36.6 Å². The van der Waals surface area contributed by atoms with Gasteiger partial charge in [0.15, 0.2) is 6.61 Å². The molecule has 1 aliphatic rings. The molecule has 1 aromatic rings. The predicted molar refractivity (Wildman–Crippen MR) is 73.5 cm³/mol. The molecule has 104 valence electrons. The Kier molecular flexibility index (Phi) is 4.76. The second kappa shape index (κ2) is 6.54. The van der Waals surface area contributed by atoms with Gasteiger partial charge in [-0.25, -0.2) is 0 Å². The van der Waals surface area contributed by atoms with Crippen LogP contribution < -0.4 is 15.0 Å². The largest absolute Gasteiger partial charge is 0.482 e. The summed E-state index contributed by atoms with van der Waals surface area (Å²) in [4.78, 5) is 13.2. The third-order valence-electron chi connectivity index (χ3n) is 3.09. The summed E-state index contributed by atoms with van der Waals surface area (Å²) in [7, 11) is 3.69. The van der Waals surface area contributed by atoms with Crippen LogP contribution in [0.3, 0.4) is 0 Å². The lowest BCUT2D eigenvalue weighted by molar-refractivity contribution is -0.120. The third kappa shape index (κ3) is 3.45. The quantitative estimate of drug-likeness (QED) is 0.784. The fraction of sp³-hybridized carbons (Fsp3) is 0.500. The molecule has 0 bridgehead atoms. The molecule has 0 fully saturated rings. The monoisotopic (exact) mass is 264 g/mol. The van der Waals surface area contributed by atoms with E-state index < -0.39 is 0 Å². The zero-order valence-corrected chi connectivity index (χ0v) is 11.4. The van der Waals surface area contributed by atoms with E-state index in [-0.39, 0.29) is 12.5 Å².